The number of ether oxygens (including phenoxy) is 1. The summed E-state index contributed by atoms with van der Waals surface area (Å²) >= 11 is 0. The lowest BCUT2D eigenvalue weighted by atomic mass is 10.0. The van der Waals surface area contributed by atoms with Gasteiger partial charge in [0, 0.05) is 18.6 Å². The number of carbonyl (C=O) groups is 1. The molecular formula is C17H21NO3. The van der Waals surface area contributed by atoms with Gasteiger partial charge in [0.15, 0.2) is 0 Å². The first-order valence-corrected chi connectivity index (χ1v) is 7.21. The van der Waals surface area contributed by atoms with E-state index in [-0.39, 0.29) is 12.5 Å². The minimum Gasteiger partial charge on any atom is -0.395 e. The number of hydrogen-bond acceptors (Lipinski definition) is 3. The molecular weight excluding hydrogens is 266 g/mol. The second-order valence-corrected chi connectivity index (χ2v) is 5.46. The highest BCUT2D eigenvalue weighted by atomic mass is 16.5. The molecule has 112 valence electrons. The molecule has 1 fully saturated rings. The number of carbonyl (C=O) groups excluding carboxylic acids is 1. The average molecular weight is 287 g/mol. The molecule has 1 aliphatic rings. The fourth-order valence-corrected chi connectivity index (χ4v) is 2.30. The normalized spacial score (nSPS) is 20.7. The topological polar surface area (TPSA) is 58.6 Å². The zero-order chi connectivity index (χ0) is 15.3. The largest absolute Gasteiger partial charge is 0.395 e. The van der Waals surface area contributed by atoms with Gasteiger partial charge in [-0.1, -0.05) is 17.9 Å². The number of nitrogens with one attached hydrogen (secondary N) is 1. The molecule has 0 saturated carbocycles. The van der Waals surface area contributed by atoms with E-state index in [1.165, 1.54) is 0 Å². The molecule has 21 heavy (non-hydrogen) atoms. The first-order chi connectivity index (χ1) is 10.0. The quantitative estimate of drug-likeness (QED) is 0.838. The Labute approximate surface area is 125 Å². The summed E-state index contributed by atoms with van der Waals surface area (Å²) in [4.78, 5) is 12.4. The maximum absolute atomic E-state index is 12.4. The molecule has 1 unspecified atom stereocenters. The van der Waals surface area contributed by atoms with Crippen LogP contribution in [0.5, 0.6) is 0 Å². The smallest absolute Gasteiger partial charge is 0.256 e. The second kappa shape index (κ2) is 6.75. The standard InChI is InChI=1S/C17H21NO3/c1-13-7-8-15(14(12-13)6-3-4-10-19)18-16(20)17(2)9-5-11-21-17/h7-8,12,19H,4-5,9-11H2,1-2H3,(H,18,20). The summed E-state index contributed by atoms with van der Waals surface area (Å²) in [5.74, 6) is 5.76. The molecule has 2 rings (SSSR count). The number of rotatable bonds is 3. The molecule has 0 bridgehead atoms. The SMILES string of the molecule is Cc1ccc(NC(=O)C2(C)CCCO2)c(C#CCCO)c1. The third kappa shape index (κ3) is 3.84. The Bertz CT molecular complexity index is 577. The highest BCUT2D eigenvalue weighted by Crippen LogP contribution is 2.27. The van der Waals surface area contributed by atoms with Crippen LogP contribution in [-0.4, -0.2) is 29.8 Å². The van der Waals surface area contributed by atoms with Crippen molar-refractivity contribution in [2.45, 2.75) is 38.7 Å². The maximum Gasteiger partial charge on any atom is 0.256 e. The van der Waals surface area contributed by atoms with Crippen LogP contribution in [0, 0.1) is 18.8 Å². The highest BCUT2D eigenvalue weighted by molar-refractivity contribution is 5.98. The molecule has 1 aliphatic heterocycles. The Morgan fingerprint density at radius 3 is 3.00 bits per heavy atom. The predicted molar refractivity (Wildman–Crippen MR) is 82.0 cm³/mol. The summed E-state index contributed by atoms with van der Waals surface area (Å²) in [6.45, 7) is 4.46. The number of hydrogen-bond donors (Lipinski definition) is 2. The Balaban J connectivity index is 2.19. The summed E-state index contributed by atoms with van der Waals surface area (Å²) in [6.07, 6.45) is 2.05. The van der Waals surface area contributed by atoms with Gasteiger partial charge in [-0.3, -0.25) is 4.79 Å². The van der Waals surface area contributed by atoms with E-state index in [1.54, 1.807) is 0 Å². The first kappa shape index (κ1) is 15.6. The number of benzene rings is 1. The number of aryl methyl sites for hydroxylation is 1. The van der Waals surface area contributed by atoms with Crippen LogP contribution < -0.4 is 5.32 Å². The lowest BCUT2D eigenvalue weighted by Gasteiger charge is -2.22. The van der Waals surface area contributed by atoms with E-state index in [2.05, 4.69) is 17.2 Å². The van der Waals surface area contributed by atoms with Gasteiger partial charge in [-0.25, -0.2) is 0 Å². The molecule has 4 nitrogen and oxygen atoms in total. The van der Waals surface area contributed by atoms with E-state index in [1.807, 2.05) is 32.0 Å². The van der Waals surface area contributed by atoms with Crippen molar-refractivity contribution in [2.24, 2.45) is 0 Å². The summed E-state index contributed by atoms with van der Waals surface area (Å²) in [5, 5.41) is 11.7. The van der Waals surface area contributed by atoms with Crippen molar-refractivity contribution in [3.63, 3.8) is 0 Å². The molecule has 1 atom stereocenters. The van der Waals surface area contributed by atoms with Crippen LogP contribution in [-0.2, 0) is 9.53 Å². The Morgan fingerprint density at radius 1 is 1.52 bits per heavy atom. The number of amides is 1. The lowest BCUT2D eigenvalue weighted by Crippen LogP contribution is -2.39. The molecule has 1 aromatic rings. The first-order valence-electron chi connectivity index (χ1n) is 7.21. The van der Waals surface area contributed by atoms with Crippen LogP contribution in [0.15, 0.2) is 18.2 Å². The van der Waals surface area contributed by atoms with Crippen molar-refractivity contribution in [2.75, 3.05) is 18.5 Å². The maximum atomic E-state index is 12.4. The molecule has 0 aliphatic carbocycles. The summed E-state index contributed by atoms with van der Waals surface area (Å²) in [6, 6.07) is 5.72. The van der Waals surface area contributed by atoms with Crippen molar-refractivity contribution in [1.82, 2.24) is 0 Å². The van der Waals surface area contributed by atoms with E-state index in [9.17, 15) is 4.79 Å². The summed E-state index contributed by atoms with van der Waals surface area (Å²) in [5.41, 5.74) is 1.77. The van der Waals surface area contributed by atoms with E-state index < -0.39 is 5.60 Å². The number of aliphatic hydroxyl groups excluding tert-OH is 1. The van der Waals surface area contributed by atoms with Gasteiger partial charge in [-0.05, 0) is 44.4 Å². The van der Waals surface area contributed by atoms with Gasteiger partial charge in [0.1, 0.15) is 5.60 Å². The fraction of sp³-hybridized carbons (Fsp3) is 0.471. The molecule has 0 spiro atoms. The highest BCUT2D eigenvalue weighted by Gasteiger charge is 2.37. The lowest BCUT2D eigenvalue weighted by molar-refractivity contribution is -0.133. The van der Waals surface area contributed by atoms with Crippen LogP contribution in [0.25, 0.3) is 0 Å². The van der Waals surface area contributed by atoms with E-state index in [0.29, 0.717) is 18.7 Å². The van der Waals surface area contributed by atoms with Gasteiger partial charge < -0.3 is 15.2 Å². The Morgan fingerprint density at radius 2 is 2.33 bits per heavy atom. The van der Waals surface area contributed by atoms with E-state index in [0.717, 1.165) is 24.0 Å². The molecule has 0 radical (unpaired) electrons. The molecule has 4 heteroatoms. The third-order valence-electron chi connectivity index (χ3n) is 3.58. The van der Waals surface area contributed by atoms with Gasteiger partial charge in [0.2, 0.25) is 0 Å². The van der Waals surface area contributed by atoms with Crippen LogP contribution in [0.1, 0.15) is 37.3 Å². The molecule has 0 aromatic heterocycles. The Hall–Kier alpha value is -1.83. The van der Waals surface area contributed by atoms with Crippen molar-refractivity contribution in [1.29, 1.82) is 0 Å². The monoisotopic (exact) mass is 287 g/mol. The molecule has 1 heterocycles. The summed E-state index contributed by atoms with van der Waals surface area (Å²) in [7, 11) is 0. The molecule has 1 aromatic carbocycles. The summed E-state index contributed by atoms with van der Waals surface area (Å²) < 4.78 is 5.56. The van der Waals surface area contributed by atoms with Crippen LogP contribution >= 0.6 is 0 Å². The van der Waals surface area contributed by atoms with Crippen LogP contribution in [0.4, 0.5) is 5.69 Å². The van der Waals surface area contributed by atoms with Gasteiger partial charge in [0.05, 0.1) is 12.3 Å². The molecule has 2 N–H and O–H groups in total. The van der Waals surface area contributed by atoms with E-state index >= 15 is 0 Å². The van der Waals surface area contributed by atoms with Crippen LogP contribution in [0.2, 0.25) is 0 Å². The van der Waals surface area contributed by atoms with Gasteiger partial charge in [-0.2, -0.15) is 0 Å². The van der Waals surface area contributed by atoms with Crippen molar-refractivity contribution >= 4 is 11.6 Å². The second-order valence-electron chi connectivity index (χ2n) is 5.46. The van der Waals surface area contributed by atoms with Crippen molar-refractivity contribution < 1.29 is 14.6 Å². The zero-order valence-corrected chi connectivity index (χ0v) is 12.5. The van der Waals surface area contributed by atoms with E-state index in [4.69, 9.17) is 9.84 Å². The minimum atomic E-state index is -0.749. The van der Waals surface area contributed by atoms with Crippen LogP contribution in [0.3, 0.4) is 0 Å². The number of anilines is 1. The minimum absolute atomic E-state index is 0.0341. The molecule has 1 amide bonds. The van der Waals surface area contributed by atoms with Gasteiger partial charge in [-0.15, -0.1) is 0 Å². The van der Waals surface area contributed by atoms with Crippen molar-refractivity contribution in [3.8, 4) is 11.8 Å². The molecule has 1 saturated heterocycles. The fourth-order valence-electron chi connectivity index (χ4n) is 2.30. The number of aliphatic hydroxyl groups is 1. The zero-order valence-electron chi connectivity index (χ0n) is 12.5. The van der Waals surface area contributed by atoms with Crippen molar-refractivity contribution in [3.05, 3.63) is 29.3 Å². The average Bonchev–Trinajstić information content (AvgIpc) is 2.90. The Kier molecular flexibility index (Phi) is 5.00. The third-order valence-corrected chi connectivity index (χ3v) is 3.58. The predicted octanol–water partition coefficient (Wildman–Crippen LogP) is 2.24. The van der Waals surface area contributed by atoms with Gasteiger partial charge >= 0.3 is 0 Å². The van der Waals surface area contributed by atoms with Gasteiger partial charge in [0.25, 0.3) is 5.91 Å².